The molecule has 1 saturated heterocycles. The van der Waals surface area contributed by atoms with Crippen molar-refractivity contribution in [2.45, 2.75) is 44.8 Å². The number of nitrogens with zero attached hydrogens (tertiary/aromatic N) is 1. The molecule has 0 bridgehead atoms. The number of amides is 1. The smallest absolute Gasteiger partial charge is 0.411 e. The Hall–Kier alpha value is -2.04. The molecule has 1 saturated carbocycles. The fourth-order valence-electron chi connectivity index (χ4n) is 3.10. The van der Waals surface area contributed by atoms with E-state index in [-0.39, 0.29) is 12.0 Å². The Morgan fingerprint density at radius 1 is 1.18 bits per heavy atom. The third-order valence-electron chi connectivity index (χ3n) is 5.07. The molecule has 2 fully saturated rings. The minimum atomic E-state index is -1.17. The lowest BCUT2D eigenvalue weighted by molar-refractivity contribution is -0.153. The monoisotopic (exact) mass is 303 g/mol. The van der Waals surface area contributed by atoms with Crippen LogP contribution in [0.3, 0.4) is 0 Å². The number of carbonyl (C=O) groups is 2. The number of ether oxygens (including phenoxy) is 1. The third-order valence-corrected chi connectivity index (χ3v) is 5.07. The number of likely N-dealkylation sites (tertiary alicyclic amines) is 1. The van der Waals surface area contributed by atoms with E-state index in [1.165, 1.54) is 4.90 Å². The number of carbonyl (C=O) groups excluding carboxylic acids is 1. The molecule has 5 nitrogen and oxygen atoms in total. The maximum absolute atomic E-state index is 12.4. The molecule has 1 aromatic carbocycles. The van der Waals surface area contributed by atoms with Crippen LogP contribution in [0, 0.1) is 5.41 Å². The summed E-state index contributed by atoms with van der Waals surface area (Å²) in [5.41, 5.74) is -0.131. The van der Waals surface area contributed by atoms with Crippen LogP contribution in [0.2, 0.25) is 0 Å². The average Bonchev–Trinajstić information content (AvgIpc) is 3.28. The molecule has 22 heavy (non-hydrogen) atoms. The predicted molar refractivity (Wildman–Crippen MR) is 80.3 cm³/mol. The number of rotatable bonds is 3. The Morgan fingerprint density at radius 2 is 1.82 bits per heavy atom. The van der Waals surface area contributed by atoms with Gasteiger partial charge in [-0.15, -0.1) is 0 Å². The summed E-state index contributed by atoms with van der Waals surface area (Å²) in [5, 5.41) is 9.54. The quantitative estimate of drug-likeness (QED) is 0.932. The molecule has 1 amide bonds. The lowest BCUT2D eigenvalue weighted by atomic mass is 9.82. The zero-order valence-electron chi connectivity index (χ0n) is 12.7. The summed E-state index contributed by atoms with van der Waals surface area (Å²) >= 11 is 0. The second kappa shape index (κ2) is 5.30. The van der Waals surface area contributed by atoms with Gasteiger partial charge in [-0.3, -0.25) is 4.90 Å². The lowest BCUT2D eigenvalue weighted by Gasteiger charge is -2.44. The van der Waals surface area contributed by atoms with Crippen LogP contribution in [-0.2, 0) is 16.1 Å². The van der Waals surface area contributed by atoms with Crippen LogP contribution < -0.4 is 0 Å². The van der Waals surface area contributed by atoms with Gasteiger partial charge in [0.1, 0.15) is 12.1 Å². The molecule has 1 atom stereocenters. The highest BCUT2D eigenvalue weighted by atomic mass is 16.6. The Balaban J connectivity index is 1.71. The normalized spacial score (nSPS) is 25.8. The molecule has 0 aromatic heterocycles. The maximum atomic E-state index is 12.4. The molecule has 1 heterocycles. The van der Waals surface area contributed by atoms with Gasteiger partial charge in [-0.05, 0) is 43.6 Å². The van der Waals surface area contributed by atoms with E-state index in [1.54, 1.807) is 6.92 Å². The fraction of sp³-hybridized carbons (Fsp3) is 0.529. The van der Waals surface area contributed by atoms with E-state index >= 15 is 0 Å². The van der Waals surface area contributed by atoms with Gasteiger partial charge in [0, 0.05) is 6.54 Å². The first-order chi connectivity index (χ1) is 10.5. The maximum Gasteiger partial charge on any atom is 0.411 e. The lowest BCUT2D eigenvalue weighted by Crippen LogP contribution is -2.60. The van der Waals surface area contributed by atoms with Crippen LogP contribution in [0.1, 0.15) is 38.2 Å². The van der Waals surface area contributed by atoms with Gasteiger partial charge in [0.05, 0.1) is 0 Å². The molecule has 1 spiro atoms. The van der Waals surface area contributed by atoms with Crippen LogP contribution >= 0.6 is 0 Å². The zero-order valence-corrected chi connectivity index (χ0v) is 12.7. The van der Waals surface area contributed by atoms with Crippen LogP contribution in [-0.4, -0.2) is 34.2 Å². The molecular weight excluding hydrogens is 282 g/mol. The largest absolute Gasteiger partial charge is 0.480 e. The van der Waals surface area contributed by atoms with Gasteiger partial charge in [-0.25, -0.2) is 9.59 Å². The number of hydrogen-bond donors (Lipinski definition) is 1. The summed E-state index contributed by atoms with van der Waals surface area (Å²) in [4.78, 5) is 25.5. The summed E-state index contributed by atoms with van der Waals surface area (Å²) in [7, 11) is 0. The molecule has 1 aromatic rings. The van der Waals surface area contributed by atoms with Crippen molar-refractivity contribution in [2.24, 2.45) is 5.41 Å². The number of carboxylic acid groups (broad SMARTS) is 1. The van der Waals surface area contributed by atoms with Crippen molar-refractivity contribution in [2.75, 3.05) is 6.54 Å². The second-order valence-electron chi connectivity index (χ2n) is 6.71. The topological polar surface area (TPSA) is 66.8 Å². The molecule has 2 aliphatic rings. The minimum Gasteiger partial charge on any atom is -0.480 e. The average molecular weight is 303 g/mol. The molecule has 118 valence electrons. The Morgan fingerprint density at radius 3 is 2.41 bits per heavy atom. The summed E-state index contributed by atoms with van der Waals surface area (Å²) in [6, 6.07) is 9.41. The molecule has 1 N–H and O–H groups in total. The van der Waals surface area contributed by atoms with Crippen molar-refractivity contribution in [3.05, 3.63) is 35.9 Å². The highest BCUT2D eigenvalue weighted by molar-refractivity contribution is 5.84. The molecule has 1 aliphatic heterocycles. The van der Waals surface area contributed by atoms with E-state index in [0.29, 0.717) is 13.0 Å². The summed E-state index contributed by atoms with van der Waals surface area (Å²) in [6.45, 7) is 2.27. The number of benzene rings is 1. The predicted octanol–water partition coefficient (Wildman–Crippen LogP) is 3.04. The Labute approximate surface area is 129 Å². The van der Waals surface area contributed by atoms with Crippen LogP contribution in [0.15, 0.2) is 30.3 Å². The van der Waals surface area contributed by atoms with Crippen LogP contribution in [0.25, 0.3) is 0 Å². The van der Waals surface area contributed by atoms with Gasteiger partial charge in [0.25, 0.3) is 0 Å². The van der Waals surface area contributed by atoms with Crippen LogP contribution in [0.5, 0.6) is 0 Å². The number of carboxylic acids is 1. The van der Waals surface area contributed by atoms with E-state index < -0.39 is 17.6 Å². The Kier molecular flexibility index (Phi) is 3.59. The highest BCUT2D eigenvalue weighted by Crippen LogP contribution is 2.55. The van der Waals surface area contributed by atoms with Gasteiger partial charge in [0.2, 0.25) is 0 Å². The van der Waals surface area contributed by atoms with Gasteiger partial charge in [-0.2, -0.15) is 0 Å². The van der Waals surface area contributed by atoms with E-state index in [1.807, 2.05) is 30.3 Å². The van der Waals surface area contributed by atoms with E-state index in [0.717, 1.165) is 24.8 Å². The van der Waals surface area contributed by atoms with Crippen molar-refractivity contribution >= 4 is 12.1 Å². The van der Waals surface area contributed by atoms with Gasteiger partial charge < -0.3 is 9.84 Å². The zero-order chi connectivity index (χ0) is 15.8. The van der Waals surface area contributed by atoms with Crippen molar-refractivity contribution in [3.63, 3.8) is 0 Å². The molecule has 3 rings (SSSR count). The van der Waals surface area contributed by atoms with E-state index in [2.05, 4.69) is 0 Å². The molecular formula is C17H21NO4. The summed E-state index contributed by atoms with van der Waals surface area (Å²) in [5.74, 6) is -0.959. The number of piperidine rings is 1. The van der Waals surface area contributed by atoms with Crippen molar-refractivity contribution in [1.29, 1.82) is 0 Å². The molecule has 5 heteroatoms. The number of aliphatic carboxylic acids is 1. The van der Waals surface area contributed by atoms with Crippen molar-refractivity contribution in [3.8, 4) is 0 Å². The first-order valence-electron chi connectivity index (χ1n) is 7.67. The second-order valence-corrected chi connectivity index (χ2v) is 6.71. The molecule has 0 radical (unpaired) electrons. The van der Waals surface area contributed by atoms with Gasteiger partial charge in [-0.1, -0.05) is 30.3 Å². The highest BCUT2D eigenvalue weighted by Gasteiger charge is 2.56. The summed E-state index contributed by atoms with van der Waals surface area (Å²) in [6.07, 6.45) is 2.98. The fourth-order valence-corrected chi connectivity index (χ4v) is 3.10. The van der Waals surface area contributed by atoms with Gasteiger partial charge in [0.15, 0.2) is 0 Å². The van der Waals surface area contributed by atoms with E-state index in [4.69, 9.17) is 4.74 Å². The van der Waals surface area contributed by atoms with Crippen molar-refractivity contribution in [1.82, 2.24) is 4.90 Å². The Bertz CT molecular complexity index is 582. The van der Waals surface area contributed by atoms with Gasteiger partial charge >= 0.3 is 12.1 Å². The molecule has 1 unspecified atom stereocenters. The first kappa shape index (κ1) is 14.9. The summed E-state index contributed by atoms with van der Waals surface area (Å²) < 4.78 is 5.36. The standard InChI is InChI=1S/C17H21NO4/c1-16(14(19)20)7-8-17(9-10-17)12-18(16)15(21)22-11-13-5-3-2-4-6-13/h2-6H,7-12H2,1H3,(H,19,20). The SMILES string of the molecule is CC1(C(=O)O)CCC2(CC2)CN1C(=O)OCc1ccccc1. The molecule has 1 aliphatic carbocycles. The first-order valence-corrected chi connectivity index (χ1v) is 7.67. The van der Waals surface area contributed by atoms with Crippen LogP contribution in [0.4, 0.5) is 4.79 Å². The van der Waals surface area contributed by atoms with E-state index in [9.17, 15) is 14.7 Å². The third kappa shape index (κ3) is 2.67. The van der Waals surface area contributed by atoms with Crippen molar-refractivity contribution < 1.29 is 19.4 Å². The minimum absolute atomic E-state index is 0.140. The number of hydrogen-bond acceptors (Lipinski definition) is 3.